The Morgan fingerprint density at radius 2 is 1.94 bits per heavy atom. The number of rotatable bonds is 2. The summed E-state index contributed by atoms with van der Waals surface area (Å²) in [5, 5.41) is 13.8. The average molecular weight is 303 g/mol. The van der Waals surface area contributed by atoms with E-state index in [1.54, 1.807) is 13.2 Å². The Bertz CT molecular complexity index is 533. The third-order valence-electron chi connectivity index (χ3n) is 2.33. The van der Waals surface area contributed by atoms with Gasteiger partial charge in [-0.05, 0) is 18.2 Å². The fourth-order valence-corrected chi connectivity index (χ4v) is 1.94. The van der Waals surface area contributed by atoms with E-state index in [0.717, 1.165) is 12.1 Å². The van der Waals surface area contributed by atoms with Crippen LogP contribution < -0.4 is 0 Å². The van der Waals surface area contributed by atoms with Gasteiger partial charge in [0, 0.05) is 17.7 Å². The van der Waals surface area contributed by atoms with Gasteiger partial charge in [-0.15, -0.1) is 0 Å². The monoisotopic (exact) mass is 302 g/mol. The molecule has 17 heavy (non-hydrogen) atoms. The molecule has 1 aromatic carbocycles. The normalized spacial score (nSPS) is 12.8. The van der Waals surface area contributed by atoms with Crippen LogP contribution in [0.5, 0.6) is 0 Å². The van der Waals surface area contributed by atoms with Crippen LogP contribution in [0.4, 0.5) is 8.78 Å². The van der Waals surface area contributed by atoms with Gasteiger partial charge in [0.1, 0.15) is 17.7 Å². The number of aliphatic hydroxyl groups is 1. The summed E-state index contributed by atoms with van der Waals surface area (Å²) in [6.45, 7) is 0. The molecule has 2 aromatic rings. The Morgan fingerprint density at radius 3 is 2.41 bits per heavy atom. The largest absolute Gasteiger partial charge is 0.382 e. The van der Waals surface area contributed by atoms with E-state index in [1.165, 1.54) is 10.7 Å². The van der Waals surface area contributed by atoms with Crippen molar-refractivity contribution in [3.8, 4) is 0 Å². The molecule has 6 heteroatoms. The summed E-state index contributed by atoms with van der Waals surface area (Å²) in [6.07, 6.45) is 0.178. The average Bonchev–Trinajstić information content (AvgIpc) is 2.63. The van der Waals surface area contributed by atoms with Gasteiger partial charge in [-0.1, -0.05) is 15.9 Å². The van der Waals surface area contributed by atoms with Crippen LogP contribution in [0.3, 0.4) is 0 Å². The van der Waals surface area contributed by atoms with E-state index >= 15 is 0 Å². The maximum atomic E-state index is 13.6. The molecule has 1 N–H and O–H groups in total. The fourth-order valence-electron chi connectivity index (χ4n) is 1.54. The van der Waals surface area contributed by atoms with Crippen LogP contribution in [0.2, 0.25) is 0 Å². The van der Waals surface area contributed by atoms with E-state index in [1.807, 2.05) is 0 Å². The standard InChI is InChI=1S/C11H9BrF2N2O/c1-16-3-2-9(15-16)11(17)10-7(13)4-6(12)5-8(10)14/h2-5,11,17H,1H3. The quantitative estimate of drug-likeness (QED) is 0.926. The molecule has 0 saturated carbocycles. The van der Waals surface area contributed by atoms with E-state index < -0.39 is 23.3 Å². The summed E-state index contributed by atoms with van der Waals surface area (Å²) in [6, 6.07) is 3.71. The smallest absolute Gasteiger partial charge is 0.133 e. The Morgan fingerprint density at radius 1 is 1.35 bits per heavy atom. The van der Waals surface area contributed by atoms with Gasteiger partial charge in [-0.3, -0.25) is 4.68 Å². The van der Waals surface area contributed by atoms with Gasteiger partial charge in [0.15, 0.2) is 0 Å². The molecule has 1 atom stereocenters. The molecular weight excluding hydrogens is 294 g/mol. The van der Waals surface area contributed by atoms with Crippen molar-refractivity contribution in [2.24, 2.45) is 7.05 Å². The van der Waals surface area contributed by atoms with E-state index in [4.69, 9.17) is 0 Å². The number of hydrogen-bond donors (Lipinski definition) is 1. The molecule has 0 bridgehead atoms. The Labute approximate surface area is 105 Å². The molecule has 3 nitrogen and oxygen atoms in total. The van der Waals surface area contributed by atoms with Crippen LogP contribution in [-0.4, -0.2) is 14.9 Å². The summed E-state index contributed by atoms with van der Waals surface area (Å²) in [5.74, 6) is -1.62. The van der Waals surface area contributed by atoms with Gasteiger partial charge in [0.2, 0.25) is 0 Å². The second-order valence-corrected chi connectivity index (χ2v) is 4.52. The lowest BCUT2D eigenvalue weighted by Gasteiger charge is -2.11. The van der Waals surface area contributed by atoms with Crippen molar-refractivity contribution in [2.45, 2.75) is 6.10 Å². The number of halogens is 3. The molecular formula is C11H9BrF2N2O. The number of aryl methyl sites for hydroxylation is 1. The van der Waals surface area contributed by atoms with Crippen molar-refractivity contribution >= 4 is 15.9 Å². The summed E-state index contributed by atoms with van der Waals surface area (Å²) in [5.41, 5.74) is -0.195. The predicted octanol–water partition coefficient (Wildman–Crippen LogP) is 2.54. The highest BCUT2D eigenvalue weighted by Gasteiger charge is 2.22. The van der Waals surface area contributed by atoms with Crippen molar-refractivity contribution < 1.29 is 13.9 Å². The molecule has 0 fully saturated rings. The van der Waals surface area contributed by atoms with Gasteiger partial charge in [0.25, 0.3) is 0 Å². The topological polar surface area (TPSA) is 38.0 Å². The predicted molar refractivity (Wildman–Crippen MR) is 61.3 cm³/mol. The molecule has 0 amide bonds. The fraction of sp³-hybridized carbons (Fsp3) is 0.182. The zero-order valence-corrected chi connectivity index (χ0v) is 10.4. The maximum Gasteiger partial charge on any atom is 0.133 e. The number of hydrogen-bond acceptors (Lipinski definition) is 2. The molecule has 0 aliphatic rings. The highest BCUT2D eigenvalue weighted by atomic mass is 79.9. The Balaban J connectivity index is 2.47. The minimum absolute atomic E-state index is 0.202. The summed E-state index contributed by atoms with van der Waals surface area (Å²) in [4.78, 5) is 0. The second-order valence-electron chi connectivity index (χ2n) is 3.60. The number of benzene rings is 1. The number of aromatic nitrogens is 2. The minimum atomic E-state index is -1.41. The summed E-state index contributed by atoms with van der Waals surface area (Å²) < 4.78 is 28.9. The molecule has 0 aliphatic heterocycles. The van der Waals surface area contributed by atoms with Crippen LogP contribution >= 0.6 is 15.9 Å². The van der Waals surface area contributed by atoms with E-state index in [0.29, 0.717) is 0 Å². The lowest BCUT2D eigenvalue weighted by molar-refractivity contribution is 0.203. The van der Waals surface area contributed by atoms with Crippen molar-refractivity contribution in [3.05, 3.63) is 51.8 Å². The van der Waals surface area contributed by atoms with Crippen molar-refractivity contribution in [1.82, 2.24) is 9.78 Å². The summed E-state index contributed by atoms with van der Waals surface area (Å²) >= 11 is 2.98. The maximum absolute atomic E-state index is 13.6. The minimum Gasteiger partial charge on any atom is -0.382 e. The first kappa shape index (κ1) is 12.2. The first-order chi connectivity index (χ1) is 7.99. The van der Waals surface area contributed by atoms with Crippen molar-refractivity contribution in [2.75, 3.05) is 0 Å². The van der Waals surface area contributed by atoms with Gasteiger partial charge >= 0.3 is 0 Å². The molecule has 2 rings (SSSR count). The first-order valence-corrected chi connectivity index (χ1v) is 5.60. The first-order valence-electron chi connectivity index (χ1n) is 4.81. The molecule has 1 aromatic heterocycles. The lowest BCUT2D eigenvalue weighted by atomic mass is 10.1. The van der Waals surface area contributed by atoms with E-state index in [-0.39, 0.29) is 10.2 Å². The molecule has 0 radical (unpaired) electrons. The zero-order chi connectivity index (χ0) is 12.6. The lowest BCUT2D eigenvalue weighted by Crippen LogP contribution is -2.07. The second kappa shape index (κ2) is 4.54. The zero-order valence-electron chi connectivity index (χ0n) is 8.86. The highest BCUT2D eigenvalue weighted by molar-refractivity contribution is 9.10. The van der Waals surface area contributed by atoms with E-state index in [9.17, 15) is 13.9 Å². The van der Waals surface area contributed by atoms with Gasteiger partial charge < -0.3 is 5.11 Å². The van der Waals surface area contributed by atoms with Crippen LogP contribution in [-0.2, 0) is 7.05 Å². The Hall–Kier alpha value is -1.27. The molecule has 0 spiro atoms. The highest BCUT2D eigenvalue weighted by Crippen LogP contribution is 2.28. The SMILES string of the molecule is Cn1ccc(C(O)c2c(F)cc(Br)cc2F)n1. The van der Waals surface area contributed by atoms with Crippen LogP contribution in [0.1, 0.15) is 17.4 Å². The van der Waals surface area contributed by atoms with Crippen molar-refractivity contribution in [1.29, 1.82) is 0 Å². The van der Waals surface area contributed by atoms with E-state index in [2.05, 4.69) is 21.0 Å². The van der Waals surface area contributed by atoms with Gasteiger partial charge in [0.05, 0.1) is 11.3 Å². The number of aliphatic hydroxyl groups excluding tert-OH is 1. The van der Waals surface area contributed by atoms with Gasteiger partial charge in [-0.2, -0.15) is 5.10 Å². The third-order valence-corrected chi connectivity index (χ3v) is 2.79. The third kappa shape index (κ3) is 2.37. The van der Waals surface area contributed by atoms with Gasteiger partial charge in [-0.25, -0.2) is 8.78 Å². The molecule has 0 aliphatic carbocycles. The Kier molecular flexibility index (Phi) is 3.26. The van der Waals surface area contributed by atoms with Crippen molar-refractivity contribution in [3.63, 3.8) is 0 Å². The van der Waals surface area contributed by atoms with Crippen LogP contribution in [0.25, 0.3) is 0 Å². The summed E-state index contributed by atoms with van der Waals surface area (Å²) in [7, 11) is 1.66. The molecule has 1 unspecified atom stereocenters. The molecule has 90 valence electrons. The molecule has 0 saturated heterocycles. The van der Waals surface area contributed by atoms with Crippen LogP contribution in [0, 0.1) is 11.6 Å². The van der Waals surface area contributed by atoms with Crippen LogP contribution in [0.15, 0.2) is 28.9 Å². The molecule has 1 heterocycles. The number of nitrogens with zero attached hydrogens (tertiary/aromatic N) is 2.